The predicted molar refractivity (Wildman–Crippen MR) is 117 cm³/mol. The second-order valence-electron chi connectivity index (χ2n) is 7.54. The summed E-state index contributed by atoms with van der Waals surface area (Å²) in [6, 6.07) is 15.7. The van der Waals surface area contributed by atoms with Crippen molar-refractivity contribution in [1.29, 1.82) is 0 Å². The first-order chi connectivity index (χ1) is 13.9. The van der Waals surface area contributed by atoms with Gasteiger partial charge in [0.1, 0.15) is 0 Å². The zero-order chi connectivity index (χ0) is 20.8. The van der Waals surface area contributed by atoms with E-state index in [1.807, 2.05) is 55.1 Å². The van der Waals surface area contributed by atoms with Gasteiger partial charge in [0, 0.05) is 24.3 Å². The highest BCUT2D eigenvalue weighted by Crippen LogP contribution is 2.15. The molecular formula is C23H30N4O2. The molecular weight excluding hydrogens is 364 g/mol. The molecule has 2 aromatic rings. The summed E-state index contributed by atoms with van der Waals surface area (Å²) < 4.78 is 5.70. The second-order valence-corrected chi connectivity index (χ2v) is 7.54. The summed E-state index contributed by atoms with van der Waals surface area (Å²) >= 11 is 0. The number of ether oxygens (including phenoxy) is 1. The van der Waals surface area contributed by atoms with Gasteiger partial charge in [-0.1, -0.05) is 31.2 Å². The van der Waals surface area contributed by atoms with E-state index in [9.17, 15) is 4.79 Å². The molecule has 0 radical (unpaired) electrons. The number of morpholine rings is 1. The number of benzene rings is 2. The molecule has 29 heavy (non-hydrogen) atoms. The van der Waals surface area contributed by atoms with Gasteiger partial charge in [-0.15, -0.1) is 0 Å². The van der Waals surface area contributed by atoms with Crippen LogP contribution in [0.1, 0.15) is 42.3 Å². The quantitative estimate of drug-likeness (QED) is 0.601. The fourth-order valence-corrected chi connectivity index (χ4v) is 3.47. The van der Waals surface area contributed by atoms with Gasteiger partial charge in [0.15, 0.2) is 5.96 Å². The molecule has 1 saturated heterocycles. The van der Waals surface area contributed by atoms with Gasteiger partial charge < -0.3 is 20.7 Å². The lowest BCUT2D eigenvalue weighted by Gasteiger charge is -2.35. The highest BCUT2D eigenvalue weighted by atomic mass is 16.5. The molecule has 2 aromatic carbocycles. The van der Waals surface area contributed by atoms with Crippen molar-refractivity contribution < 1.29 is 9.53 Å². The van der Waals surface area contributed by atoms with Crippen LogP contribution in [0.3, 0.4) is 0 Å². The van der Waals surface area contributed by atoms with Crippen molar-refractivity contribution in [3.8, 4) is 0 Å². The lowest BCUT2D eigenvalue weighted by Crippen LogP contribution is -2.48. The minimum Gasteiger partial charge on any atom is -0.372 e. The van der Waals surface area contributed by atoms with Crippen molar-refractivity contribution in [3.63, 3.8) is 0 Å². The lowest BCUT2D eigenvalue weighted by atomic mass is 10.1. The topological polar surface area (TPSA) is 79.9 Å². The number of nitrogens with zero attached hydrogens (tertiary/aromatic N) is 2. The SMILES string of the molecule is CCc1ccc(NC(N)=NCc2ccc(C(=O)N3CC(C)OC(C)C3)cc2)cc1. The number of nitrogens with two attached hydrogens (primary N) is 1. The molecule has 3 N–H and O–H groups in total. The maximum absolute atomic E-state index is 12.7. The number of anilines is 1. The monoisotopic (exact) mass is 394 g/mol. The summed E-state index contributed by atoms with van der Waals surface area (Å²) in [5.41, 5.74) is 9.86. The fourth-order valence-electron chi connectivity index (χ4n) is 3.47. The van der Waals surface area contributed by atoms with Crippen LogP contribution in [0.2, 0.25) is 0 Å². The Bertz CT molecular complexity index is 836. The van der Waals surface area contributed by atoms with Gasteiger partial charge in [0.05, 0.1) is 18.8 Å². The molecule has 6 heteroatoms. The van der Waals surface area contributed by atoms with Gasteiger partial charge in [0.25, 0.3) is 5.91 Å². The van der Waals surface area contributed by atoms with Gasteiger partial charge in [-0.2, -0.15) is 0 Å². The van der Waals surface area contributed by atoms with Crippen molar-refractivity contribution in [2.24, 2.45) is 10.7 Å². The first kappa shape index (κ1) is 20.9. The Morgan fingerprint density at radius 3 is 2.24 bits per heavy atom. The van der Waals surface area contributed by atoms with Gasteiger partial charge in [0.2, 0.25) is 0 Å². The number of amides is 1. The van der Waals surface area contributed by atoms with Crippen molar-refractivity contribution in [1.82, 2.24) is 4.90 Å². The summed E-state index contributed by atoms with van der Waals surface area (Å²) in [6.45, 7) is 7.81. The molecule has 2 unspecified atom stereocenters. The summed E-state index contributed by atoms with van der Waals surface area (Å²) in [7, 11) is 0. The second kappa shape index (κ2) is 9.56. The minimum absolute atomic E-state index is 0.0405. The van der Waals surface area contributed by atoms with E-state index in [0.29, 0.717) is 31.2 Å². The average Bonchev–Trinajstić information content (AvgIpc) is 2.72. The van der Waals surface area contributed by atoms with E-state index in [4.69, 9.17) is 10.5 Å². The van der Waals surface area contributed by atoms with Crippen LogP contribution in [0.5, 0.6) is 0 Å². The van der Waals surface area contributed by atoms with Crippen LogP contribution in [0.25, 0.3) is 0 Å². The molecule has 0 spiro atoms. The van der Waals surface area contributed by atoms with E-state index in [-0.39, 0.29) is 18.1 Å². The third-order valence-corrected chi connectivity index (χ3v) is 4.97. The van der Waals surface area contributed by atoms with E-state index in [2.05, 4.69) is 29.4 Å². The first-order valence-electron chi connectivity index (χ1n) is 10.1. The number of nitrogens with one attached hydrogen (secondary N) is 1. The fraction of sp³-hybridized carbons (Fsp3) is 0.391. The molecule has 1 fully saturated rings. The standard InChI is InChI=1S/C23H30N4O2/c1-4-18-7-11-21(12-8-18)26-23(24)25-13-19-5-9-20(10-6-19)22(28)27-14-16(2)29-17(3)15-27/h5-12,16-17H,4,13-15H2,1-3H3,(H3,24,25,26). The van der Waals surface area contributed by atoms with Crippen LogP contribution >= 0.6 is 0 Å². The molecule has 0 aliphatic carbocycles. The Balaban J connectivity index is 1.56. The third kappa shape index (κ3) is 5.81. The number of aliphatic imine (C=N–C) groups is 1. The zero-order valence-electron chi connectivity index (χ0n) is 17.4. The molecule has 154 valence electrons. The van der Waals surface area contributed by atoms with Crippen LogP contribution in [0.15, 0.2) is 53.5 Å². The zero-order valence-corrected chi connectivity index (χ0v) is 17.4. The number of hydrogen-bond acceptors (Lipinski definition) is 3. The summed E-state index contributed by atoms with van der Waals surface area (Å²) in [5.74, 6) is 0.407. The third-order valence-electron chi connectivity index (χ3n) is 4.97. The van der Waals surface area contributed by atoms with E-state index >= 15 is 0 Å². The number of hydrogen-bond donors (Lipinski definition) is 2. The number of aryl methyl sites for hydroxylation is 1. The number of carbonyl (C=O) groups excluding carboxylic acids is 1. The minimum atomic E-state index is 0.0405. The normalized spacial score (nSPS) is 19.8. The van der Waals surface area contributed by atoms with Crippen molar-refractivity contribution in [2.45, 2.75) is 45.9 Å². The van der Waals surface area contributed by atoms with Crippen LogP contribution in [0.4, 0.5) is 5.69 Å². The van der Waals surface area contributed by atoms with Crippen molar-refractivity contribution >= 4 is 17.6 Å². The first-order valence-corrected chi connectivity index (χ1v) is 10.1. The number of rotatable bonds is 5. The largest absolute Gasteiger partial charge is 0.372 e. The van der Waals surface area contributed by atoms with E-state index in [1.54, 1.807) is 0 Å². The molecule has 0 saturated carbocycles. The molecule has 2 atom stereocenters. The van der Waals surface area contributed by atoms with Crippen LogP contribution < -0.4 is 11.1 Å². The molecule has 1 heterocycles. The van der Waals surface area contributed by atoms with Crippen LogP contribution in [-0.4, -0.2) is 42.1 Å². The Hall–Kier alpha value is -2.86. The molecule has 1 aliphatic heterocycles. The summed E-state index contributed by atoms with van der Waals surface area (Å²) in [5, 5.41) is 3.10. The summed E-state index contributed by atoms with van der Waals surface area (Å²) in [6.07, 6.45) is 1.13. The maximum atomic E-state index is 12.7. The number of guanidine groups is 1. The van der Waals surface area contributed by atoms with Crippen LogP contribution in [-0.2, 0) is 17.7 Å². The molecule has 0 bridgehead atoms. The highest BCUT2D eigenvalue weighted by Gasteiger charge is 2.26. The van der Waals surface area contributed by atoms with Gasteiger partial charge in [-0.05, 0) is 55.7 Å². The predicted octanol–water partition coefficient (Wildman–Crippen LogP) is 3.43. The molecule has 1 aliphatic rings. The smallest absolute Gasteiger partial charge is 0.254 e. The lowest BCUT2D eigenvalue weighted by molar-refractivity contribution is -0.0586. The Morgan fingerprint density at radius 1 is 1.07 bits per heavy atom. The van der Waals surface area contributed by atoms with E-state index < -0.39 is 0 Å². The van der Waals surface area contributed by atoms with Crippen molar-refractivity contribution in [2.75, 3.05) is 18.4 Å². The molecule has 3 rings (SSSR count). The number of carbonyl (C=O) groups is 1. The molecule has 6 nitrogen and oxygen atoms in total. The van der Waals surface area contributed by atoms with Gasteiger partial charge >= 0.3 is 0 Å². The maximum Gasteiger partial charge on any atom is 0.254 e. The Kier molecular flexibility index (Phi) is 6.88. The Morgan fingerprint density at radius 2 is 1.66 bits per heavy atom. The van der Waals surface area contributed by atoms with E-state index in [0.717, 1.165) is 17.7 Å². The molecule has 1 amide bonds. The molecule has 0 aromatic heterocycles. The van der Waals surface area contributed by atoms with Crippen LogP contribution in [0, 0.1) is 0 Å². The average molecular weight is 395 g/mol. The summed E-state index contributed by atoms with van der Waals surface area (Å²) in [4.78, 5) is 19.0. The van der Waals surface area contributed by atoms with Gasteiger partial charge in [-0.3, -0.25) is 4.79 Å². The van der Waals surface area contributed by atoms with Gasteiger partial charge in [-0.25, -0.2) is 4.99 Å². The highest BCUT2D eigenvalue weighted by molar-refractivity contribution is 5.94. The van der Waals surface area contributed by atoms with E-state index in [1.165, 1.54) is 5.56 Å². The van der Waals surface area contributed by atoms with Crippen molar-refractivity contribution in [3.05, 3.63) is 65.2 Å². The Labute approximate surface area is 172 Å².